The second-order valence-electron chi connectivity index (χ2n) is 6.06. The van der Waals surface area contributed by atoms with Crippen molar-refractivity contribution in [1.29, 1.82) is 0 Å². The molecular formula is C13H25NO3. The Kier molecular flexibility index (Phi) is 5.40. The maximum absolute atomic E-state index is 11.9. The third-order valence-electron chi connectivity index (χ3n) is 2.96. The summed E-state index contributed by atoms with van der Waals surface area (Å²) in [4.78, 5) is 11.9. The molecule has 1 heterocycles. The molecule has 0 aromatic carbocycles. The maximum atomic E-state index is 11.9. The van der Waals surface area contributed by atoms with Crippen LogP contribution in [0.4, 0.5) is 0 Å². The van der Waals surface area contributed by atoms with Crippen molar-refractivity contribution in [3.05, 3.63) is 0 Å². The van der Waals surface area contributed by atoms with Crippen LogP contribution in [0.1, 0.15) is 33.6 Å². The van der Waals surface area contributed by atoms with E-state index in [0.717, 1.165) is 19.4 Å². The second kappa shape index (κ2) is 6.36. The highest BCUT2D eigenvalue weighted by atomic mass is 16.5. The van der Waals surface area contributed by atoms with Crippen LogP contribution in [-0.4, -0.2) is 32.3 Å². The number of esters is 1. The molecule has 0 saturated carbocycles. The molecule has 1 aliphatic heterocycles. The summed E-state index contributed by atoms with van der Waals surface area (Å²) in [5.41, 5.74) is 5.74. The average Bonchev–Trinajstić information content (AvgIpc) is 2.74. The summed E-state index contributed by atoms with van der Waals surface area (Å²) in [7, 11) is 0. The third-order valence-corrected chi connectivity index (χ3v) is 2.96. The smallest absolute Gasteiger partial charge is 0.310 e. The normalized spacial score (nSPS) is 22.5. The molecule has 0 radical (unpaired) electrons. The van der Waals surface area contributed by atoms with Crippen molar-refractivity contribution >= 4 is 5.97 Å². The molecular weight excluding hydrogens is 218 g/mol. The van der Waals surface area contributed by atoms with E-state index in [4.69, 9.17) is 15.2 Å². The Morgan fingerprint density at radius 2 is 2.24 bits per heavy atom. The van der Waals surface area contributed by atoms with E-state index in [9.17, 15) is 4.79 Å². The van der Waals surface area contributed by atoms with Crippen LogP contribution in [0.3, 0.4) is 0 Å². The fourth-order valence-electron chi connectivity index (χ4n) is 2.03. The largest absolute Gasteiger partial charge is 0.465 e. The quantitative estimate of drug-likeness (QED) is 0.745. The number of rotatable bonds is 5. The molecule has 17 heavy (non-hydrogen) atoms. The summed E-state index contributed by atoms with van der Waals surface area (Å²) in [6, 6.07) is 0. The number of carbonyl (C=O) groups is 1. The topological polar surface area (TPSA) is 61.6 Å². The lowest BCUT2D eigenvalue weighted by molar-refractivity contribution is -0.150. The number of hydrogen-bond donors (Lipinski definition) is 1. The highest BCUT2D eigenvalue weighted by molar-refractivity contribution is 5.72. The summed E-state index contributed by atoms with van der Waals surface area (Å²) < 4.78 is 10.6. The van der Waals surface area contributed by atoms with Crippen LogP contribution >= 0.6 is 0 Å². The fraction of sp³-hybridized carbons (Fsp3) is 0.923. The number of hydrogen-bond acceptors (Lipinski definition) is 4. The molecule has 1 aliphatic rings. The molecule has 4 heteroatoms. The van der Waals surface area contributed by atoms with Crippen LogP contribution in [0.25, 0.3) is 0 Å². The third kappa shape index (κ3) is 5.50. The van der Waals surface area contributed by atoms with Crippen molar-refractivity contribution < 1.29 is 14.3 Å². The van der Waals surface area contributed by atoms with E-state index < -0.39 is 0 Å². The van der Waals surface area contributed by atoms with Crippen LogP contribution in [0, 0.1) is 17.3 Å². The molecule has 2 N–H and O–H groups in total. The van der Waals surface area contributed by atoms with E-state index in [0.29, 0.717) is 25.7 Å². The van der Waals surface area contributed by atoms with Crippen molar-refractivity contribution in [3.63, 3.8) is 0 Å². The molecule has 2 unspecified atom stereocenters. The highest BCUT2D eigenvalue weighted by Gasteiger charge is 2.26. The molecule has 1 fully saturated rings. The van der Waals surface area contributed by atoms with Crippen LogP contribution in [-0.2, 0) is 14.3 Å². The molecule has 0 bridgehead atoms. The summed E-state index contributed by atoms with van der Waals surface area (Å²) in [6.45, 7) is 8.64. The van der Waals surface area contributed by atoms with Crippen molar-refractivity contribution in [3.8, 4) is 0 Å². The molecule has 0 aliphatic carbocycles. The van der Waals surface area contributed by atoms with Gasteiger partial charge >= 0.3 is 5.97 Å². The first kappa shape index (κ1) is 14.5. The highest BCUT2D eigenvalue weighted by Crippen LogP contribution is 2.25. The first-order valence-corrected chi connectivity index (χ1v) is 6.37. The number of carbonyl (C=O) groups excluding carboxylic acids is 1. The van der Waals surface area contributed by atoms with Gasteiger partial charge in [-0.25, -0.2) is 0 Å². The lowest BCUT2D eigenvalue weighted by Gasteiger charge is -2.24. The van der Waals surface area contributed by atoms with E-state index in [1.54, 1.807) is 0 Å². The lowest BCUT2D eigenvalue weighted by atomic mass is 9.85. The summed E-state index contributed by atoms with van der Waals surface area (Å²) >= 11 is 0. The zero-order valence-corrected chi connectivity index (χ0v) is 11.2. The summed E-state index contributed by atoms with van der Waals surface area (Å²) in [5.74, 6) is 0.0265. The Balaban J connectivity index is 2.32. The van der Waals surface area contributed by atoms with E-state index >= 15 is 0 Å². The SMILES string of the molecule is CC(C)(C)CC(CN)C(=O)OCC1CCOC1. The van der Waals surface area contributed by atoms with E-state index in [-0.39, 0.29) is 17.3 Å². The average molecular weight is 243 g/mol. The monoisotopic (exact) mass is 243 g/mol. The number of ether oxygens (including phenoxy) is 2. The summed E-state index contributed by atoms with van der Waals surface area (Å²) in [5, 5.41) is 0. The van der Waals surface area contributed by atoms with Gasteiger partial charge in [-0.1, -0.05) is 20.8 Å². The van der Waals surface area contributed by atoms with Gasteiger partial charge in [0.2, 0.25) is 0 Å². The Hall–Kier alpha value is -0.610. The van der Waals surface area contributed by atoms with Crippen molar-refractivity contribution in [1.82, 2.24) is 0 Å². The zero-order chi connectivity index (χ0) is 12.9. The van der Waals surface area contributed by atoms with Gasteiger partial charge in [0.15, 0.2) is 0 Å². The summed E-state index contributed by atoms with van der Waals surface area (Å²) in [6.07, 6.45) is 1.75. The predicted molar refractivity (Wildman–Crippen MR) is 66.5 cm³/mol. The van der Waals surface area contributed by atoms with Crippen LogP contribution in [0.15, 0.2) is 0 Å². The molecule has 0 aromatic heterocycles. The van der Waals surface area contributed by atoms with E-state index in [1.165, 1.54) is 0 Å². The molecule has 0 amide bonds. The van der Waals surface area contributed by atoms with Gasteiger partial charge < -0.3 is 15.2 Å². The Bertz CT molecular complexity index is 242. The minimum atomic E-state index is -0.183. The van der Waals surface area contributed by atoms with Gasteiger partial charge in [-0.2, -0.15) is 0 Å². The van der Waals surface area contributed by atoms with Crippen LogP contribution in [0.2, 0.25) is 0 Å². The number of nitrogens with two attached hydrogens (primary N) is 1. The minimum Gasteiger partial charge on any atom is -0.465 e. The predicted octanol–water partition coefficient (Wildman–Crippen LogP) is 1.58. The van der Waals surface area contributed by atoms with Gasteiger partial charge in [0, 0.05) is 19.1 Å². The van der Waals surface area contributed by atoms with Gasteiger partial charge in [0.1, 0.15) is 0 Å². The lowest BCUT2D eigenvalue weighted by Crippen LogP contribution is -2.30. The van der Waals surface area contributed by atoms with Gasteiger partial charge in [0.05, 0.1) is 19.1 Å². The Morgan fingerprint density at radius 1 is 1.53 bits per heavy atom. The van der Waals surface area contributed by atoms with Gasteiger partial charge in [-0.05, 0) is 18.3 Å². The minimum absolute atomic E-state index is 0.0968. The molecule has 1 rings (SSSR count). The van der Waals surface area contributed by atoms with Gasteiger partial charge in [-0.3, -0.25) is 4.79 Å². The van der Waals surface area contributed by atoms with E-state index in [1.807, 2.05) is 0 Å². The molecule has 0 aromatic rings. The standard InChI is InChI=1S/C13H25NO3/c1-13(2,3)6-11(7-14)12(15)17-9-10-4-5-16-8-10/h10-11H,4-9,14H2,1-3H3. The van der Waals surface area contributed by atoms with Crippen molar-refractivity contribution in [2.45, 2.75) is 33.6 Å². The molecule has 2 atom stereocenters. The molecule has 1 saturated heterocycles. The Morgan fingerprint density at radius 3 is 2.71 bits per heavy atom. The first-order chi connectivity index (χ1) is 7.92. The molecule has 0 spiro atoms. The first-order valence-electron chi connectivity index (χ1n) is 6.37. The van der Waals surface area contributed by atoms with Crippen molar-refractivity contribution in [2.24, 2.45) is 23.0 Å². The van der Waals surface area contributed by atoms with E-state index in [2.05, 4.69) is 20.8 Å². The van der Waals surface area contributed by atoms with Crippen LogP contribution in [0.5, 0.6) is 0 Å². The molecule has 100 valence electrons. The zero-order valence-electron chi connectivity index (χ0n) is 11.2. The fourth-order valence-corrected chi connectivity index (χ4v) is 2.03. The molecule has 4 nitrogen and oxygen atoms in total. The van der Waals surface area contributed by atoms with Crippen molar-refractivity contribution in [2.75, 3.05) is 26.4 Å². The Labute approximate surface area is 104 Å². The second-order valence-corrected chi connectivity index (χ2v) is 6.06. The van der Waals surface area contributed by atoms with Gasteiger partial charge in [-0.15, -0.1) is 0 Å². The maximum Gasteiger partial charge on any atom is 0.310 e. The van der Waals surface area contributed by atoms with Crippen LogP contribution < -0.4 is 5.73 Å². The van der Waals surface area contributed by atoms with Gasteiger partial charge in [0.25, 0.3) is 0 Å².